The van der Waals surface area contributed by atoms with Crippen LogP contribution in [-0.2, 0) is 4.74 Å². The van der Waals surface area contributed by atoms with Crippen molar-refractivity contribution in [3.05, 3.63) is 48.7 Å². The van der Waals surface area contributed by atoms with Crippen LogP contribution in [0.4, 0.5) is 5.95 Å². The van der Waals surface area contributed by atoms with E-state index in [1.807, 2.05) is 50.6 Å². The van der Waals surface area contributed by atoms with Crippen LogP contribution in [0.2, 0.25) is 0 Å². The number of nitrogens with zero attached hydrogens (tertiary/aromatic N) is 6. The molecule has 32 heavy (non-hydrogen) atoms. The Morgan fingerprint density at radius 2 is 2.03 bits per heavy atom. The fourth-order valence-corrected chi connectivity index (χ4v) is 4.62. The van der Waals surface area contributed by atoms with E-state index >= 15 is 0 Å². The van der Waals surface area contributed by atoms with Gasteiger partial charge in [-0.3, -0.25) is 9.20 Å². The molecule has 1 N–H and O–H groups in total. The minimum absolute atomic E-state index is 0.0409. The van der Waals surface area contributed by atoms with Crippen molar-refractivity contribution in [2.45, 2.75) is 31.8 Å². The minimum atomic E-state index is 0.0409. The van der Waals surface area contributed by atoms with Crippen LogP contribution in [-0.4, -0.2) is 67.1 Å². The van der Waals surface area contributed by atoms with Gasteiger partial charge in [0.25, 0.3) is 5.91 Å². The van der Waals surface area contributed by atoms with E-state index in [4.69, 9.17) is 4.74 Å². The minimum Gasteiger partial charge on any atom is -0.376 e. The third-order valence-corrected chi connectivity index (χ3v) is 6.36. The number of amides is 1. The highest BCUT2D eigenvalue weighted by molar-refractivity contribution is 5.93. The number of pyridine rings is 1. The number of imidazole rings is 1. The summed E-state index contributed by atoms with van der Waals surface area (Å²) in [6, 6.07) is 5.98. The maximum atomic E-state index is 13.0. The number of ether oxygens (including phenoxy) is 1. The number of rotatable bonds is 5. The van der Waals surface area contributed by atoms with Crippen molar-refractivity contribution in [1.29, 1.82) is 0 Å². The number of carbonyl (C=O) groups is 1. The van der Waals surface area contributed by atoms with E-state index in [2.05, 4.69) is 20.4 Å². The van der Waals surface area contributed by atoms with E-state index in [1.165, 1.54) is 0 Å². The number of hydrogen-bond donors (Lipinski definition) is 1. The topological polar surface area (TPSA) is 89.1 Å². The molecule has 0 bridgehead atoms. The molecule has 0 radical (unpaired) electrons. The smallest absolute Gasteiger partial charge is 0.272 e. The normalized spacial score (nSPS) is 18.8. The number of hydrogen-bond acceptors (Lipinski definition) is 6. The Balaban J connectivity index is 1.30. The highest BCUT2D eigenvalue weighted by Crippen LogP contribution is 2.26. The molecule has 4 aromatic heterocycles. The highest BCUT2D eigenvalue weighted by Gasteiger charge is 2.23. The first-order chi connectivity index (χ1) is 15.8. The largest absolute Gasteiger partial charge is 0.376 e. The monoisotopic (exact) mass is 431 g/mol. The van der Waals surface area contributed by atoms with Crippen LogP contribution in [0.5, 0.6) is 0 Å². The predicted molar refractivity (Wildman–Crippen MR) is 120 cm³/mol. The molecule has 2 fully saturated rings. The first-order valence-corrected chi connectivity index (χ1v) is 11.2. The van der Waals surface area contributed by atoms with Crippen molar-refractivity contribution < 1.29 is 9.53 Å². The lowest BCUT2D eigenvalue weighted by Crippen LogP contribution is -2.28. The van der Waals surface area contributed by atoms with Gasteiger partial charge in [0.2, 0.25) is 5.95 Å². The lowest BCUT2D eigenvalue weighted by Gasteiger charge is -2.14. The van der Waals surface area contributed by atoms with Crippen LogP contribution in [0, 0.1) is 0 Å². The summed E-state index contributed by atoms with van der Waals surface area (Å²) in [5.74, 6) is 0.623. The predicted octanol–water partition coefficient (Wildman–Crippen LogP) is 2.87. The third-order valence-electron chi connectivity index (χ3n) is 6.36. The second-order valence-electron chi connectivity index (χ2n) is 8.45. The Bertz CT molecular complexity index is 1280. The molecule has 6 heterocycles. The summed E-state index contributed by atoms with van der Waals surface area (Å²) >= 11 is 0. The zero-order valence-corrected chi connectivity index (χ0v) is 17.8. The van der Waals surface area contributed by atoms with E-state index in [0.717, 1.165) is 67.7 Å². The van der Waals surface area contributed by atoms with Crippen LogP contribution in [0.1, 0.15) is 36.2 Å². The molecule has 1 atom stereocenters. The second kappa shape index (κ2) is 7.90. The van der Waals surface area contributed by atoms with Crippen molar-refractivity contribution in [3.63, 3.8) is 0 Å². The van der Waals surface area contributed by atoms with Crippen LogP contribution in [0.15, 0.2) is 43.0 Å². The molecule has 9 nitrogen and oxygen atoms in total. The molecule has 1 amide bonds. The molecule has 0 aliphatic carbocycles. The SMILES string of the molecule is O=C(c1cnc2ccc(-c3ccn4nc(NCC5CCCO5)ncc34)cn12)N1CCCC1. The first kappa shape index (κ1) is 19.2. The molecule has 4 aromatic rings. The van der Waals surface area contributed by atoms with Crippen LogP contribution >= 0.6 is 0 Å². The summed E-state index contributed by atoms with van der Waals surface area (Å²) in [6.07, 6.45) is 11.9. The molecule has 164 valence electrons. The lowest BCUT2D eigenvalue weighted by atomic mass is 10.1. The van der Waals surface area contributed by atoms with Gasteiger partial charge in [-0.1, -0.05) is 0 Å². The summed E-state index contributed by atoms with van der Waals surface area (Å²) in [4.78, 5) is 23.8. The fourth-order valence-electron chi connectivity index (χ4n) is 4.62. The zero-order chi connectivity index (χ0) is 21.5. The number of carbonyl (C=O) groups excluding carboxylic acids is 1. The fraction of sp³-hybridized carbons (Fsp3) is 0.391. The molecular weight excluding hydrogens is 406 g/mol. The Labute approximate surface area is 185 Å². The van der Waals surface area contributed by atoms with Crippen molar-refractivity contribution in [3.8, 4) is 11.1 Å². The van der Waals surface area contributed by atoms with E-state index in [1.54, 1.807) is 6.20 Å². The Kier molecular flexibility index (Phi) is 4.75. The molecule has 2 aliphatic heterocycles. The molecule has 6 rings (SSSR count). The lowest BCUT2D eigenvalue weighted by molar-refractivity contribution is 0.0786. The maximum Gasteiger partial charge on any atom is 0.272 e. The van der Waals surface area contributed by atoms with Crippen molar-refractivity contribution >= 4 is 23.0 Å². The zero-order valence-electron chi connectivity index (χ0n) is 17.8. The third kappa shape index (κ3) is 3.38. The van der Waals surface area contributed by atoms with Gasteiger partial charge in [0.15, 0.2) is 0 Å². The van der Waals surface area contributed by atoms with Gasteiger partial charge in [0.1, 0.15) is 11.3 Å². The maximum absolute atomic E-state index is 13.0. The van der Waals surface area contributed by atoms with Crippen LogP contribution < -0.4 is 5.32 Å². The first-order valence-electron chi connectivity index (χ1n) is 11.2. The second-order valence-corrected chi connectivity index (χ2v) is 8.45. The summed E-state index contributed by atoms with van der Waals surface area (Å²) in [5, 5.41) is 7.86. The van der Waals surface area contributed by atoms with E-state index in [0.29, 0.717) is 18.2 Å². The molecule has 2 aliphatic rings. The molecule has 9 heteroatoms. The molecule has 2 saturated heterocycles. The standard InChI is InChI=1S/C23H25N7O2/c31-22(28-8-1-2-9-28)20-14-24-21-6-5-16(15-29(20)21)18-7-10-30-19(18)13-26-23(27-30)25-12-17-4-3-11-32-17/h5-7,10,13-15,17H,1-4,8-9,11-12H2,(H,25,27). The van der Waals surface area contributed by atoms with E-state index < -0.39 is 0 Å². The van der Waals surface area contributed by atoms with E-state index in [-0.39, 0.29) is 12.0 Å². The van der Waals surface area contributed by atoms with Gasteiger partial charge in [0, 0.05) is 49.8 Å². The summed E-state index contributed by atoms with van der Waals surface area (Å²) < 4.78 is 9.37. The number of aromatic nitrogens is 5. The van der Waals surface area contributed by atoms with Crippen molar-refractivity contribution in [1.82, 2.24) is 28.9 Å². The van der Waals surface area contributed by atoms with Gasteiger partial charge in [-0.2, -0.15) is 0 Å². The Hall–Kier alpha value is -3.46. The molecule has 0 spiro atoms. The summed E-state index contributed by atoms with van der Waals surface area (Å²) in [7, 11) is 0. The average molecular weight is 432 g/mol. The number of likely N-dealkylation sites (tertiary alicyclic amines) is 1. The Morgan fingerprint density at radius 3 is 2.88 bits per heavy atom. The average Bonchev–Trinajstić information content (AvgIpc) is 3.62. The Morgan fingerprint density at radius 1 is 1.12 bits per heavy atom. The van der Waals surface area contributed by atoms with Crippen LogP contribution in [0.25, 0.3) is 22.3 Å². The highest BCUT2D eigenvalue weighted by atomic mass is 16.5. The summed E-state index contributed by atoms with van der Waals surface area (Å²) in [6.45, 7) is 3.18. The number of anilines is 1. The van der Waals surface area contributed by atoms with E-state index in [9.17, 15) is 4.79 Å². The number of fused-ring (bicyclic) bond motifs is 2. The molecule has 0 saturated carbocycles. The quantitative estimate of drug-likeness (QED) is 0.523. The summed E-state index contributed by atoms with van der Waals surface area (Å²) in [5.41, 5.74) is 4.25. The van der Waals surface area contributed by atoms with Gasteiger partial charge < -0.3 is 15.0 Å². The molecular formula is C23H25N7O2. The van der Waals surface area contributed by atoms with Gasteiger partial charge in [-0.15, -0.1) is 5.10 Å². The van der Waals surface area contributed by atoms with Gasteiger partial charge in [-0.05, 0) is 43.9 Å². The van der Waals surface area contributed by atoms with Gasteiger partial charge in [-0.25, -0.2) is 14.5 Å². The number of nitrogens with one attached hydrogen (secondary N) is 1. The molecule has 0 aromatic carbocycles. The van der Waals surface area contributed by atoms with Crippen LogP contribution in [0.3, 0.4) is 0 Å². The van der Waals surface area contributed by atoms with Crippen molar-refractivity contribution in [2.24, 2.45) is 0 Å². The van der Waals surface area contributed by atoms with Gasteiger partial charge in [0.05, 0.1) is 24.0 Å². The van der Waals surface area contributed by atoms with Gasteiger partial charge >= 0.3 is 0 Å². The molecule has 1 unspecified atom stereocenters. The van der Waals surface area contributed by atoms with Crippen molar-refractivity contribution in [2.75, 3.05) is 31.6 Å².